The van der Waals surface area contributed by atoms with Gasteiger partial charge in [0.1, 0.15) is 5.75 Å². The van der Waals surface area contributed by atoms with Crippen LogP contribution in [0.4, 0.5) is 8.78 Å². The molecule has 0 spiro atoms. The number of rotatable bonds is 6. The van der Waals surface area contributed by atoms with Crippen molar-refractivity contribution in [2.75, 3.05) is 12.4 Å². The number of hydrogen-bond donors (Lipinski definition) is 0. The van der Waals surface area contributed by atoms with Crippen molar-refractivity contribution in [2.45, 2.75) is 31.9 Å². The highest BCUT2D eigenvalue weighted by Gasteiger charge is 2.29. The lowest BCUT2D eigenvalue weighted by atomic mass is 9.91. The van der Waals surface area contributed by atoms with Gasteiger partial charge in [-0.15, -0.1) is 11.6 Å². The Balaban J connectivity index is 2.13. The van der Waals surface area contributed by atoms with Gasteiger partial charge in [0.15, 0.2) is 0 Å². The molecule has 110 valence electrons. The zero-order valence-corrected chi connectivity index (χ0v) is 11.7. The zero-order chi connectivity index (χ0) is 14.5. The zero-order valence-electron chi connectivity index (χ0n) is 10.9. The highest BCUT2D eigenvalue weighted by atomic mass is 35.5. The molecule has 0 radical (unpaired) electrons. The predicted molar refractivity (Wildman–Crippen MR) is 72.5 cm³/mol. The van der Waals surface area contributed by atoms with Crippen molar-refractivity contribution in [3.8, 4) is 5.75 Å². The van der Waals surface area contributed by atoms with E-state index in [-0.39, 0.29) is 17.7 Å². The van der Waals surface area contributed by atoms with E-state index in [1.807, 2.05) is 0 Å². The topological polar surface area (TPSA) is 29.5 Å². The Morgan fingerprint density at radius 1 is 1.45 bits per heavy atom. The molecule has 1 aliphatic carbocycles. The number of hydrogen-bond acceptors (Lipinski definition) is 2. The van der Waals surface area contributed by atoms with Crippen LogP contribution in [-0.2, 0) is 0 Å². The van der Waals surface area contributed by atoms with Gasteiger partial charge in [-0.1, -0.05) is 6.07 Å². The molecule has 20 heavy (non-hydrogen) atoms. The number of halogens is 3. The first-order valence-electron chi connectivity index (χ1n) is 6.53. The summed E-state index contributed by atoms with van der Waals surface area (Å²) in [4.78, 5) is 14.2. The minimum atomic E-state index is -2.90. The highest BCUT2D eigenvalue weighted by Crippen LogP contribution is 2.27. The summed E-state index contributed by atoms with van der Waals surface area (Å²) in [6.45, 7) is -2.43. The summed E-state index contributed by atoms with van der Waals surface area (Å²) < 4.78 is 28.7. The van der Waals surface area contributed by atoms with Crippen LogP contribution >= 0.6 is 11.6 Å². The number of ether oxygens (including phenoxy) is 1. The molecular formula is C14H16ClF2NO2. The first kappa shape index (κ1) is 15.0. The summed E-state index contributed by atoms with van der Waals surface area (Å²) in [5.74, 6) is 0.162. The minimum absolute atomic E-state index is 0.00900. The van der Waals surface area contributed by atoms with Crippen LogP contribution in [0.5, 0.6) is 5.75 Å². The lowest BCUT2D eigenvalue weighted by molar-refractivity contribution is -0.0499. The van der Waals surface area contributed by atoms with Crippen molar-refractivity contribution >= 4 is 17.5 Å². The smallest absolute Gasteiger partial charge is 0.387 e. The number of amides is 1. The molecular weight excluding hydrogens is 288 g/mol. The van der Waals surface area contributed by atoms with E-state index >= 15 is 0 Å². The fourth-order valence-corrected chi connectivity index (χ4v) is 2.39. The Bertz CT molecular complexity index is 466. The van der Waals surface area contributed by atoms with Gasteiger partial charge in [-0.25, -0.2) is 0 Å². The average Bonchev–Trinajstić information content (AvgIpc) is 2.35. The van der Waals surface area contributed by atoms with Crippen molar-refractivity contribution in [2.24, 2.45) is 0 Å². The molecule has 0 aromatic heterocycles. The van der Waals surface area contributed by atoms with Gasteiger partial charge in [-0.3, -0.25) is 4.79 Å². The number of nitrogens with zero attached hydrogens (tertiary/aromatic N) is 1. The van der Waals surface area contributed by atoms with E-state index < -0.39 is 6.61 Å². The first-order chi connectivity index (χ1) is 9.61. The molecule has 0 atom stereocenters. The van der Waals surface area contributed by atoms with Crippen LogP contribution in [0.15, 0.2) is 24.3 Å². The maximum atomic E-state index is 12.4. The molecule has 0 aliphatic heterocycles. The molecule has 1 fully saturated rings. The maximum absolute atomic E-state index is 12.4. The highest BCUT2D eigenvalue weighted by molar-refractivity contribution is 6.18. The Morgan fingerprint density at radius 2 is 2.20 bits per heavy atom. The van der Waals surface area contributed by atoms with E-state index in [4.69, 9.17) is 11.6 Å². The van der Waals surface area contributed by atoms with Gasteiger partial charge in [0.25, 0.3) is 5.91 Å². The second-order valence-corrected chi connectivity index (χ2v) is 5.06. The summed E-state index contributed by atoms with van der Waals surface area (Å²) in [6, 6.07) is 6.08. The lowest BCUT2D eigenvalue weighted by Gasteiger charge is -2.37. The number of alkyl halides is 3. The molecule has 0 N–H and O–H groups in total. The minimum Gasteiger partial charge on any atom is -0.435 e. The molecule has 1 saturated carbocycles. The molecule has 1 aromatic rings. The van der Waals surface area contributed by atoms with Gasteiger partial charge in [-0.2, -0.15) is 8.78 Å². The molecule has 0 bridgehead atoms. The number of carbonyl (C=O) groups is 1. The summed E-state index contributed by atoms with van der Waals surface area (Å²) in [7, 11) is 0. The van der Waals surface area contributed by atoms with Crippen molar-refractivity contribution in [3.63, 3.8) is 0 Å². The number of carbonyl (C=O) groups excluding carboxylic acids is 1. The average molecular weight is 304 g/mol. The molecule has 1 aliphatic rings. The number of benzene rings is 1. The second-order valence-electron chi connectivity index (χ2n) is 4.68. The fourth-order valence-electron chi connectivity index (χ4n) is 2.21. The summed E-state index contributed by atoms with van der Waals surface area (Å²) in [5.41, 5.74) is 0.347. The van der Waals surface area contributed by atoms with Crippen LogP contribution in [0, 0.1) is 0 Å². The third-order valence-electron chi connectivity index (χ3n) is 3.41. The first-order valence-corrected chi connectivity index (χ1v) is 7.07. The van der Waals surface area contributed by atoms with Crippen LogP contribution < -0.4 is 4.74 Å². The summed E-state index contributed by atoms with van der Waals surface area (Å²) >= 11 is 5.74. The van der Waals surface area contributed by atoms with Crippen molar-refractivity contribution in [1.29, 1.82) is 0 Å². The second kappa shape index (κ2) is 6.88. The van der Waals surface area contributed by atoms with Crippen molar-refractivity contribution in [1.82, 2.24) is 4.90 Å². The van der Waals surface area contributed by atoms with E-state index in [0.717, 1.165) is 19.3 Å². The van der Waals surface area contributed by atoms with Crippen LogP contribution in [-0.4, -0.2) is 35.9 Å². The molecule has 0 heterocycles. The summed E-state index contributed by atoms with van der Waals surface area (Å²) in [6.07, 6.45) is 3.04. The maximum Gasteiger partial charge on any atom is 0.387 e. The summed E-state index contributed by atoms with van der Waals surface area (Å²) in [5, 5.41) is 0. The van der Waals surface area contributed by atoms with Crippen molar-refractivity contribution in [3.05, 3.63) is 29.8 Å². The molecule has 6 heteroatoms. The third kappa shape index (κ3) is 3.60. The SMILES string of the molecule is O=C(c1cccc(OC(F)F)c1)N(CCCl)C1CCC1. The van der Waals surface area contributed by atoms with E-state index in [0.29, 0.717) is 18.0 Å². The molecule has 2 rings (SSSR count). The molecule has 3 nitrogen and oxygen atoms in total. The third-order valence-corrected chi connectivity index (χ3v) is 3.58. The van der Waals surface area contributed by atoms with Crippen molar-refractivity contribution < 1.29 is 18.3 Å². The van der Waals surface area contributed by atoms with Crippen LogP contribution in [0.1, 0.15) is 29.6 Å². The van der Waals surface area contributed by atoms with Crippen LogP contribution in [0.25, 0.3) is 0 Å². The molecule has 0 saturated heterocycles. The molecule has 0 unspecified atom stereocenters. The fraction of sp³-hybridized carbons (Fsp3) is 0.500. The normalized spacial score (nSPS) is 15.0. The van der Waals surface area contributed by atoms with Gasteiger partial charge in [0, 0.05) is 24.0 Å². The Labute approximate surface area is 121 Å². The van der Waals surface area contributed by atoms with Crippen LogP contribution in [0.3, 0.4) is 0 Å². The van der Waals surface area contributed by atoms with Gasteiger partial charge in [0.05, 0.1) is 0 Å². The van der Waals surface area contributed by atoms with Crippen LogP contribution in [0.2, 0.25) is 0 Å². The quantitative estimate of drug-likeness (QED) is 0.753. The largest absolute Gasteiger partial charge is 0.435 e. The predicted octanol–water partition coefficient (Wildman–Crippen LogP) is 3.52. The Kier molecular flexibility index (Phi) is 5.17. The van der Waals surface area contributed by atoms with Gasteiger partial charge >= 0.3 is 6.61 Å². The monoisotopic (exact) mass is 303 g/mol. The van der Waals surface area contributed by atoms with Gasteiger partial charge in [0.2, 0.25) is 0 Å². The molecule has 1 amide bonds. The Morgan fingerprint density at radius 3 is 2.75 bits per heavy atom. The van der Waals surface area contributed by atoms with E-state index in [2.05, 4.69) is 4.74 Å². The standard InChI is InChI=1S/C14H16ClF2NO2/c15-7-8-18(11-4-2-5-11)13(19)10-3-1-6-12(9-10)20-14(16)17/h1,3,6,9,11,14H,2,4-5,7-8H2. The van der Waals surface area contributed by atoms with Gasteiger partial charge < -0.3 is 9.64 Å². The lowest BCUT2D eigenvalue weighted by Crippen LogP contribution is -2.45. The van der Waals surface area contributed by atoms with E-state index in [1.165, 1.54) is 18.2 Å². The van der Waals surface area contributed by atoms with E-state index in [1.54, 1.807) is 11.0 Å². The molecule has 1 aromatic carbocycles. The van der Waals surface area contributed by atoms with Gasteiger partial charge in [-0.05, 0) is 37.5 Å². The van der Waals surface area contributed by atoms with E-state index in [9.17, 15) is 13.6 Å². The Hall–Kier alpha value is -1.36.